The number of carbonyl (C=O) groups excluding carboxylic acids is 7. The molecule has 2 saturated heterocycles. The number of aryl methyl sites for hydroxylation is 1. The van der Waals surface area contributed by atoms with E-state index in [1.165, 1.54) is 39.8 Å². The van der Waals surface area contributed by atoms with Gasteiger partial charge in [0, 0.05) is 73.2 Å². The summed E-state index contributed by atoms with van der Waals surface area (Å²) >= 11 is 2.86. The number of aromatic nitrogens is 4. The van der Waals surface area contributed by atoms with Crippen LogP contribution >= 0.6 is 23.1 Å². The average Bonchev–Trinajstić information content (AvgIpc) is 0.764. The van der Waals surface area contributed by atoms with Gasteiger partial charge in [-0.2, -0.15) is 25.3 Å². The molecule has 35 heteroatoms. The maximum Gasteiger partial charge on any atom is 0.409 e. The van der Waals surface area contributed by atoms with Crippen molar-refractivity contribution in [3.05, 3.63) is 124 Å². The molecule has 11 atom stereocenters. The molecule has 13 rings (SSSR count). The smallest absolute Gasteiger partial charge is 0.409 e. The Bertz CT molecular complexity index is 4890. The number of rotatable bonds is 35. The minimum Gasteiger partial charge on any atom is -0.479 e. The standard InChI is InChI=1S/C83H107N11O21S3/c1-46(2)66(89-65(97)36-93-53(38-112-28-29-118(109,110)111)32-59(74(93)103)86-64(96)33-79(5,6)116-10)73(102)85-47(3)60(95)31-49-18-19-52(51(30-49)20-22-61-68(98)69(99)70(100)71(115-61)76(106)107)37-113-78(108)91(9)26-27-114-83-42-80(7)39-81(8,43-83)41-82(40-80,44-83)45-94-48(4)56(34-84-94)54-21-23-63(88-67(54)75(104)105)92-25-24-50-14-13-15-55(57(50)35-92)72(101)90-77-87-58-16-11-12-17-62(58)117-77/h11-19,21,23,30,34,46-47,53,59,61,66,68-71,98-100H,20,22,24-29,31-33,35-45H2,1-10H3,(H,85,102)(H,86,96)(H,89,97)(H,104,105)(H,106,107)(H,87,90,101)(H,109,110,111)/t47-,53-,59-,61-,66-,68-,69+,70-,71-,80?,81?,82?,83?/m0/s1. The van der Waals surface area contributed by atoms with E-state index < -0.39 is 147 Å². The number of thioether (sulfide) groups is 1. The Hall–Kier alpha value is -9.04. The third kappa shape index (κ3) is 20.5. The summed E-state index contributed by atoms with van der Waals surface area (Å²) in [5.41, 5.74) is 5.36. The number of anilines is 2. The van der Waals surface area contributed by atoms with Crippen molar-refractivity contribution in [2.75, 3.05) is 68.7 Å². The molecule has 0 spiro atoms. The van der Waals surface area contributed by atoms with E-state index in [9.17, 15) is 81.7 Å². The maximum absolute atomic E-state index is 14.1. The van der Waals surface area contributed by atoms with E-state index in [1.54, 1.807) is 57.4 Å². The molecule has 638 valence electrons. The molecule has 3 aromatic heterocycles. The zero-order chi connectivity index (χ0) is 85.3. The number of ether oxygens (including phenoxy) is 4. The molecule has 32 nitrogen and oxygen atoms in total. The Morgan fingerprint density at radius 3 is 2.29 bits per heavy atom. The number of pyridine rings is 1. The number of para-hydroxylation sites is 1. The molecular weight excluding hydrogens is 1580 g/mol. The van der Waals surface area contributed by atoms with Crippen molar-refractivity contribution in [3.8, 4) is 11.1 Å². The van der Waals surface area contributed by atoms with E-state index >= 15 is 0 Å². The van der Waals surface area contributed by atoms with Crippen LogP contribution in [-0.4, -0.2) is 245 Å². The Balaban J connectivity index is 0.672. The monoisotopic (exact) mass is 1690 g/mol. The van der Waals surface area contributed by atoms with Gasteiger partial charge in [0.05, 0.1) is 72.3 Å². The number of amides is 6. The van der Waals surface area contributed by atoms with Crippen molar-refractivity contribution in [1.29, 1.82) is 0 Å². The van der Waals surface area contributed by atoms with Crippen LogP contribution in [0.15, 0.2) is 79.0 Å². The van der Waals surface area contributed by atoms with Crippen LogP contribution in [0.5, 0.6) is 0 Å². The van der Waals surface area contributed by atoms with Crippen LogP contribution in [0.1, 0.15) is 161 Å². The van der Waals surface area contributed by atoms with Gasteiger partial charge in [-0.3, -0.25) is 43.3 Å². The molecule has 6 heterocycles. The first-order chi connectivity index (χ1) is 55.6. The lowest BCUT2D eigenvalue weighted by Crippen LogP contribution is -2.64. The zero-order valence-electron chi connectivity index (χ0n) is 68.0. The number of aliphatic hydroxyl groups is 3. The molecule has 4 bridgehead atoms. The maximum atomic E-state index is 14.1. The minimum atomic E-state index is -4.38. The van der Waals surface area contributed by atoms with Crippen molar-refractivity contribution in [1.82, 2.24) is 45.5 Å². The quantitative estimate of drug-likeness (QED) is 0.0142. The SMILES string of the molecule is CSC(C)(C)CC(=O)N[C@H]1C[C@@H](COCCS(=O)(=O)O)N(CC(=O)N[C@H](C(=O)N[C@@H](C)C(=O)Cc2ccc(COC(=O)N(C)CCOC34CC5(C)CC(C)(CC(Cn6ncc(-c7ccc(N8CCc9cccc(C(=O)Nc%10nc%11ccccc%11s%10)c9C8)nc7C(=O)O)c6C)(C5)C3)C4)c(CC[C@@H]3O[C@H](C(=O)O)[C@@H](O)[C@H](O)[C@H]3O)c2)C(C)C)C1=O. The molecule has 3 aliphatic heterocycles. The highest BCUT2D eigenvalue weighted by Crippen LogP contribution is 2.72. The van der Waals surface area contributed by atoms with Crippen molar-refractivity contribution in [2.24, 2.45) is 22.2 Å². The summed E-state index contributed by atoms with van der Waals surface area (Å²) in [6.07, 6.45) is -0.202. The highest BCUT2D eigenvalue weighted by atomic mass is 32.2. The van der Waals surface area contributed by atoms with Gasteiger partial charge in [0.2, 0.25) is 23.6 Å². The van der Waals surface area contributed by atoms with Crippen molar-refractivity contribution in [2.45, 2.75) is 217 Å². The lowest BCUT2D eigenvalue weighted by atomic mass is 9.39. The molecule has 118 heavy (non-hydrogen) atoms. The van der Waals surface area contributed by atoms with Gasteiger partial charge < -0.3 is 75.1 Å². The number of aliphatic hydroxyl groups excluding tert-OH is 3. The summed E-state index contributed by atoms with van der Waals surface area (Å²) < 4.78 is 58.6. The molecule has 6 fully saturated rings. The van der Waals surface area contributed by atoms with Gasteiger partial charge in [0.15, 0.2) is 22.7 Å². The van der Waals surface area contributed by atoms with Gasteiger partial charge in [0.25, 0.3) is 16.0 Å². The first kappa shape index (κ1) is 88.3. The van der Waals surface area contributed by atoms with Crippen molar-refractivity contribution < 1.29 is 101 Å². The summed E-state index contributed by atoms with van der Waals surface area (Å²) in [4.78, 5) is 136. The van der Waals surface area contributed by atoms with Crippen LogP contribution in [0.4, 0.5) is 15.7 Å². The van der Waals surface area contributed by atoms with Crippen LogP contribution in [0.2, 0.25) is 0 Å². The lowest BCUT2D eigenvalue weighted by molar-refractivity contribution is -0.248. The first-order valence-electron chi connectivity index (χ1n) is 39.8. The number of likely N-dealkylation sites (N-methyl/N-ethyl adjacent to an activating group) is 1. The third-order valence-electron chi connectivity index (χ3n) is 24.0. The largest absolute Gasteiger partial charge is 0.479 e. The summed E-state index contributed by atoms with van der Waals surface area (Å²) in [5, 5.41) is 69.3. The second kappa shape index (κ2) is 35.7. The number of fused-ring (bicyclic) bond motifs is 2. The van der Waals surface area contributed by atoms with Crippen LogP contribution in [0.25, 0.3) is 21.3 Å². The number of nitrogens with zero attached hydrogens (tertiary/aromatic N) is 7. The van der Waals surface area contributed by atoms with E-state index in [2.05, 4.69) is 40.1 Å². The predicted octanol–water partition coefficient (Wildman–Crippen LogP) is 6.93. The number of thiazole rings is 1. The van der Waals surface area contributed by atoms with Crippen LogP contribution < -0.4 is 26.2 Å². The lowest BCUT2D eigenvalue weighted by Gasteiger charge is -2.69. The first-order valence-corrected chi connectivity index (χ1v) is 43.4. The van der Waals surface area contributed by atoms with E-state index in [1.807, 2.05) is 79.1 Å². The molecule has 0 radical (unpaired) electrons. The summed E-state index contributed by atoms with van der Waals surface area (Å²) in [6, 6.07) is 17.7. The van der Waals surface area contributed by atoms with E-state index in [-0.39, 0.29) is 86.3 Å². The third-order valence-corrected chi connectivity index (χ3v) is 26.9. The number of carbonyl (C=O) groups is 9. The van der Waals surface area contributed by atoms with Crippen LogP contribution in [0, 0.1) is 29.1 Å². The van der Waals surface area contributed by atoms with Gasteiger partial charge in [-0.25, -0.2) is 24.4 Å². The highest BCUT2D eigenvalue weighted by molar-refractivity contribution is 7.99. The van der Waals surface area contributed by atoms with Gasteiger partial charge in [-0.15, -0.1) is 0 Å². The minimum absolute atomic E-state index is 0.00719. The average molecular weight is 1690 g/mol. The van der Waals surface area contributed by atoms with Gasteiger partial charge in [0.1, 0.15) is 42.8 Å². The number of hydrogen-bond donors (Lipinski definition) is 10. The van der Waals surface area contributed by atoms with Gasteiger partial charge in [-0.1, -0.05) is 95.3 Å². The number of aromatic carboxylic acids is 1. The number of nitrogens with one attached hydrogen (secondary N) is 4. The Kier molecular flexibility index (Phi) is 26.7. The molecule has 4 aliphatic carbocycles. The summed E-state index contributed by atoms with van der Waals surface area (Å²) in [6.45, 7) is 15.4. The molecule has 6 aromatic rings. The zero-order valence-corrected chi connectivity index (χ0v) is 70.4. The Labute approximate surface area is 693 Å². The van der Waals surface area contributed by atoms with E-state index in [0.717, 1.165) is 65.6 Å². The predicted molar refractivity (Wildman–Crippen MR) is 437 cm³/mol. The Morgan fingerprint density at radius 1 is 0.856 bits per heavy atom. The molecule has 4 saturated carbocycles. The molecule has 6 amide bonds. The number of ketones is 1. The van der Waals surface area contributed by atoms with E-state index in [4.69, 9.17) is 29.0 Å². The highest BCUT2D eigenvalue weighted by Gasteiger charge is 2.66. The second-order valence-electron chi connectivity index (χ2n) is 34.6. The number of hydrogen-bond acceptors (Lipinski definition) is 24. The fourth-order valence-corrected chi connectivity index (χ4v) is 20.6. The van der Waals surface area contributed by atoms with E-state index in [0.29, 0.717) is 70.4 Å². The molecule has 7 aliphatic rings. The number of carboxylic acids is 2. The molecule has 10 N–H and O–H groups in total. The molecule has 2 unspecified atom stereocenters. The van der Waals surface area contributed by atoms with Crippen molar-refractivity contribution >= 4 is 108 Å². The topological polar surface area (TPSA) is 448 Å². The summed E-state index contributed by atoms with van der Waals surface area (Å²) in [7, 11) is -2.78. The molecule has 3 aromatic carbocycles. The summed E-state index contributed by atoms with van der Waals surface area (Å²) in [5.74, 6) is -6.82. The number of likely N-dealkylation sites (tertiary alicyclic amines) is 1. The molecular formula is C83H107N11O21S3. The number of carboxylic acid groups (broad SMARTS) is 2. The van der Waals surface area contributed by atoms with Crippen LogP contribution in [-0.2, 0) is 96.8 Å². The number of benzene rings is 3. The number of aliphatic carboxylic acids is 1. The van der Waals surface area contributed by atoms with Gasteiger partial charge in [-0.05, 0) is 165 Å². The van der Waals surface area contributed by atoms with Crippen molar-refractivity contribution in [3.63, 3.8) is 0 Å². The fraction of sp³-hybridized carbons (Fsp3) is 0.566. The Morgan fingerprint density at radius 2 is 1.59 bits per heavy atom. The second-order valence-corrected chi connectivity index (χ2v) is 38.7. The van der Waals surface area contributed by atoms with Crippen LogP contribution in [0.3, 0.4) is 0 Å². The fourth-order valence-electron chi connectivity index (χ4n) is 19.1. The van der Waals surface area contributed by atoms with Gasteiger partial charge >= 0.3 is 18.0 Å². The number of Topliss-reactive ketones (excluding diaryl/α,β-unsaturated/α-hetero) is 1. The normalized spacial score (nSPS) is 25.3.